The Morgan fingerprint density at radius 1 is 1.56 bits per heavy atom. The smallest absolute Gasteiger partial charge is 0.150 e. The van der Waals surface area contributed by atoms with Crippen molar-refractivity contribution in [1.29, 1.82) is 0 Å². The van der Waals surface area contributed by atoms with Gasteiger partial charge in [0.15, 0.2) is 9.84 Å². The molecule has 0 bridgehead atoms. The normalized spacial score (nSPS) is 24.8. The molecule has 4 nitrogen and oxygen atoms in total. The van der Waals surface area contributed by atoms with Gasteiger partial charge in [0.1, 0.15) is 0 Å². The minimum atomic E-state index is -2.77. The van der Waals surface area contributed by atoms with Crippen LogP contribution in [0, 0.1) is 17.8 Å². The molecule has 0 amide bonds. The maximum Gasteiger partial charge on any atom is 0.150 e. The summed E-state index contributed by atoms with van der Waals surface area (Å²) < 4.78 is 22.6. The molecule has 16 heavy (non-hydrogen) atoms. The molecule has 1 rings (SSSR count). The molecule has 0 aromatic rings. The summed E-state index contributed by atoms with van der Waals surface area (Å²) in [6.45, 7) is 1.81. The zero-order chi connectivity index (χ0) is 12.0. The van der Waals surface area contributed by atoms with Crippen molar-refractivity contribution in [1.82, 2.24) is 5.43 Å². The van der Waals surface area contributed by atoms with Crippen LogP contribution in [0.3, 0.4) is 0 Å². The highest BCUT2D eigenvalue weighted by Gasteiger charge is 2.29. The highest BCUT2D eigenvalue weighted by atomic mass is 32.2. The van der Waals surface area contributed by atoms with Crippen molar-refractivity contribution >= 4 is 9.84 Å². The number of hydrazine groups is 1. The predicted octanol–water partition coefficient (Wildman–Crippen LogP) is 0.447. The number of hydrogen-bond donors (Lipinski definition) is 2. The summed E-state index contributed by atoms with van der Waals surface area (Å²) in [7, 11) is -2.77. The average molecular weight is 244 g/mol. The van der Waals surface area contributed by atoms with Crippen molar-refractivity contribution in [3.63, 3.8) is 0 Å². The van der Waals surface area contributed by atoms with Gasteiger partial charge in [0.25, 0.3) is 0 Å². The molecule has 0 aromatic heterocycles. The first-order chi connectivity index (χ1) is 7.57. The molecule has 2 atom stereocenters. The highest BCUT2D eigenvalue weighted by molar-refractivity contribution is 7.91. The minimum Gasteiger partial charge on any atom is -0.271 e. The molecule has 92 valence electrons. The van der Waals surface area contributed by atoms with Crippen molar-refractivity contribution in [3.05, 3.63) is 0 Å². The Balaban J connectivity index is 2.35. The molecule has 1 aliphatic rings. The second-order valence-electron chi connectivity index (χ2n) is 4.33. The van der Waals surface area contributed by atoms with Crippen LogP contribution < -0.4 is 11.3 Å². The van der Waals surface area contributed by atoms with Crippen LogP contribution in [0.1, 0.15) is 32.6 Å². The molecule has 0 spiro atoms. The molecular formula is C11H20N2O2S. The molecule has 3 N–H and O–H groups in total. The Kier molecular flexibility index (Phi) is 5.26. The standard InChI is InChI=1S/C11H20N2O2S/c1-2-3-4-5-11(13-12)8-10-6-7-16(14,15)9-10/h10-11,13H,4-9,12H2,1H3. The Morgan fingerprint density at radius 3 is 2.81 bits per heavy atom. The largest absolute Gasteiger partial charge is 0.271 e. The third kappa shape index (κ3) is 4.52. The lowest BCUT2D eigenvalue weighted by molar-refractivity contribution is 0.395. The fraction of sp³-hybridized carbons (Fsp3) is 0.818. The SMILES string of the molecule is CC#CCCC(CC1CCS(=O)(=O)C1)NN. The summed E-state index contributed by atoms with van der Waals surface area (Å²) in [5, 5.41) is 0. The summed E-state index contributed by atoms with van der Waals surface area (Å²) in [5.74, 6) is 12.2. The summed E-state index contributed by atoms with van der Waals surface area (Å²) in [4.78, 5) is 0. The van der Waals surface area contributed by atoms with Gasteiger partial charge in [-0.3, -0.25) is 11.3 Å². The van der Waals surface area contributed by atoms with E-state index in [1.807, 2.05) is 6.92 Å². The Bertz CT molecular complexity index is 367. The fourth-order valence-corrected chi connectivity index (χ4v) is 3.98. The van der Waals surface area contributed by atoms with Gasteiger partial charge in [-0.05, 0) is 32.1 Å². The molecule has 1 fully saturated rings. The lowest BCUT2D eigenvalue weighted by atomic mass is 9.97. The number of sulfone groups is 1. The molecule has 1 aliphatic heterocycles. The first-order valence-electron chi connectivity index (χ1n) is 5.63. The van der Waals surface area contributed by atoms with Gasteiger partial charge in [0, 0.05) is 12.5 Å². The van der Waals surface area contributed by atoms with E-state index >= 15 is 0 Å². The van der Waals surface area contributed by atoms with Crippen molar-refractivity contribution in [3.8, 4) is 11.8 Å². The van der Waals surface area contributed by atoms with Gasteiger partial charge < -0.3 is 0 Å². The van der Waals surface area contributed by atoms with Crippen LogP contribution >= 0.6 is 0 Å². The van der Waals surface area contributed by atoms with E-state index in [2.05, 4.69) is 17.3 Å². The van der Waals surface area contributed by atoms with Gasteiger partial charge in [-0.25, -0.2) is 8.42 Å². The van der Waals surface area contributed by atoms with E-state index in [0.29, 0.717) is 11.5 Å². The zero-order valence-electron chi connectivity index (χ0n) is 9.70. The van der Waals surface area contributed by atoms with E-state index < -0.39 is 9.84 Å². The first-order valence-corrected chi connectivity index (χ1v) is 7.45. The van der Waals surface area contributed by atoms with Gasteiger partial charge in [-0.1, -0.05) is 0 Å². The second-order valence-corrected chi connectivity index (χ2v) is 6.56. The van der Waals surface area contributed by atoms with Gasteiger partial charge in [-0.2, -0.15) is 0 Å². The van der Waals surface area contributed by atoms with Crippen LogP contribution in [-0.2, 0) is 9.84 Å². The molecule has 1 heterocycles. The van der Waals surface area contributed by atoms with Gasteiger partial charge in [0.2, 0.25) is 0 Å². The summed E-state index contributed by atoms with van der Waals surface area (Å²) in [5.41, 5.74) is 2.75. The van der Waals surface area contributed by atoms with Crippen molar-refractivity contribution < 1.29 is 8.42 Å². The number of rotatable bonds is 5. The quantitative estimate of drug-likeness (QED) is 0.418. The molecule has 0 saturated carbocycles. The van der Waals surface area contributed by atoms with E-state index in [1.165, 1.54) is 0 Å². The fourth-order valence-electron chi connectivity index (χ4n) is 2.10. The number of hydrogen-bond acceptors (Lipinski definition) is 4. The lowest BCUT2D eigenvalue weighted by Gasteiger charge is -2.17. The maximum atomic E-state index is 11.3. The average Bonchev–Trinajstić information content (AvgIpc) is 2.57. The topological polar surface area (TPSA) is 72.2 Å². The molecule has 2 unspecified atom stereocenters. The molecule has 0 aromatic carbocycles. The van der Waals surface area contributed by atoms with E-state index in [9.17, 15) is 8.42 Å². The maximum absolute atomic E-state index is 11.3. The monoisotopic (exact) mass is 244 g/mol. The molecule has 0 radical (unpaired) electrons. The number of nitrogens with two attached hydrogens (primary N) is 1. The van der Waals surface area contributed by atoms with Crippen LogP contribution in [-0.4, -0.2) is 26.0 Å². The molecule has 5 heteroatoms. The third-order valence-corrected chi connectivity index (χ3v) is 4.81. The molecular weight excluding hydrogens is 224 g/mol. The Labute approximate surface area is 97.9 Å². The minimum absolute atomic E-state index is 0.180. The van der Waals surface area contributed by atoms with Crippen LogP contribution in [0.2, 0.25) is 0 Å². The number of nitrogens with one attached hydrogen (secondary N) is 1. The lowest BCUT2D eigenvalue weighted by Crippen LogP contribution is -2.36. The van der Waals surface area contributed by atoms with Crippen molar-refractivity contribution in [2.24, 2.45) is 11.8 Å². The van der Waals surface area contributed by atoms with Gasteiger partial charge in [-0.15, -0.1) is 11.8 Å². The van der Waals surface area contributed by atoms with E-state index in [0.717, 1.165) is 25.7 Å². The first kappa shape index (κ1) is 13.5. The van der Waals surface area contributed by atoms with Crippen LogP contribution in [0.25, 0.3) is 0 Å². The van der Waals surface area contributed by atoms with Crippen LogP contribution in [0.4, 0.5) is 0 Å². The Hall–Kier alpha value is -0.570. The predicted molar refractivity (Wildman–Crippen MR) is 65.2 cm³/mol. The van der Waals surface area contributed by atoms with Crippen molar-refractivity contribution in [2.45, 2.75) is 38.6 Å². The van der Waals surface area contributed by atoms with E-state index in [4.69, 9.17) is 5.84 Å². The van der Waals surface area contributed by atoms with Crippen LogP contribution in [0.5, 0.6) is 0 Å². The highest BCUT2D eigenvalue weighted by Crippen LogP contribution is 2.23. The zero-order valence-corrected chi connectivity index (χ0v) is 10.5. The summed E-state index contributed by atoms with van der Waals surface area (Å²) in [6.07, 6.45) is 3.31. The molecule has 1 saturated heterocycles. The third-order valence-electron chi connectivity index (χ3n) is 2.97. The summed E-state index contributed by atoms with van der Waals surface area (Å²) >= 11 is 0. The molecule has 0 aliphatic carbocycles. The second kappa shape index (κ2) is 6.24. The van der Waals surface area contributed by atoms with Gasteiger partial charge in [0.05, 0.1) is 11.5 Å². The summed E-state index contributed by atoms with van der Waals surface area (Å²) in [6, 6.07) is 0.180. The van der Waals surface area contributed by atoms with E-state index in [1.54, 1.807) is 0 Å². The van der Waals surface area contributed by atoms with Gasteiger partial charge >= 0.3 is 0 Å². The van der Waals surface area contributed by atoms with E-state index in [-0.39, 0.29) is 12.0 Å². The van der Waals surface area contributed by atoms with Crippen LogP contribution in [0.15, 0.2) is 0 Å². The Morgan fingerprint density at radius 2 is 2.31 bits per heavy atom. The van der Waals surface area contributed by atoms with Crippen molar-refractivity contribution in [2.75, 3.05) is 11.5 Å².